The summed E-state index contributed by atoms with van der Waals surface area (Å²) >= 11 is 6.82. The Balaban J connectivity index is 1.79. The van der Waals surface area contributed by atoms with Gasteiger partial charge in [-0.3, -0.25) is 0 Å². The molecule has 0 atom stereocenters. The average molecular weight is 454 g/mol. The molecular formula is C29H25ClNP. The van der Waals surface area contributed by atoms with Crippen LogP contribution in [-0.2, 0) is 6.16 Å². The predicted octanol–water partition coefficient (Wildman–Crippen LogP) is 6.42. The first-order valence-electron chi connectivity index (χ1n) is 10.9. The Kier molecular flexibility index (Phi) is 5.79. The third-order valence-electron chi connectivity index (χ3n) is 6.25. The molecule has 1 nitrogen and oxygen atoms in total. The molecule has 1 heterocycles. The van der Waals surface area contributed by atoms with Crippen molar-refractivity contribution in [3.63, 3.8) is 0 Å². The van der Waals surface area contributed by atoms with Gasteiger partial charge in [-0.15, -0.1) is 0 Å². The van der Waals surface area contributed by atoms with Crippen LogP contribution < -0.4 is 15.9 Å². The molecule has 0 spiro atoms. The Labute approximate surface area is 195 Å². The van der Waals surface area contributed by atoms with Gasteiger partial charge < -0.3 is 0 Å². The van der Waals surface area contributed by atoms with Crippen LogP contribution in [0.1, 0.15) is 11.1 Å². The maximum absolute atomic E-state index is 6.82. The minimum absolute atomic E-state index is 0.598. The summed E-state index contributed by atoms with van der Waals surface area (Å²) in [6, 6.07) is 41.4. The number of hydrogen-bond donors (Lipinski definition) is 0. The summed E-state index contributed by atoms with van der Waals surface area (Å²) in [5.74, 6) is 0. The molecule has 0 bridgehead atoms. The first-order chi connectivity index (χ1) is 15.7. The fourth-order valence-corrected chi connectivity index (χ4v) is 9.76. The van der Waals surface area contributed by atoms with E-state index in [1.54, 1.807) is 0 Å². The second-order valence-corrected chi connectivity index (χ2v) is 12.6. The van der Waals surface area contributed by atoms with E-state index in [2.05, 4.69) is 122 Å². The van der Waals surface area contributed by atoms with Crippen LogP contribution in [0.3, 0.4) is 0 Å². The number of nitrogens with zero attached hydrogens (tertiary/aromatic N) is 1. The molecule has 0 amide bonds. The molecule has 158 valence electrons. The minimum atomic E-state index is -2.42. The van der Waals surface area contributed by atoms with E-state index in [0.29, 0.717) is 5.15 Å². The van der Waals surface area contributed by atoms with E-state index in [1.807, 2.05) is 0 Å². The zero-order valence-electron chi connectivity index (χ0n) is 18.0. The van der Waals surface area contributed by atoms with Crippen molar-refractivity contribution in [3.05, 3.63) is 132 Å². The van der Waals surface area contributed by atoms with Crippen molar-refractivity contribution in [2.45, 2.75) is 13.1 Å². The summed E-state index contributed by atoms with van der Waals surface area (Å²) in [6.45, 7) is 2.12. The molecule has 0 unspecified atom stereocenters. The number of rotatable bonds is 5. The zero-order valence-corrected chi connectivity index (χ0v) is 19.8. The monoisotopic (exact) mass is 453 g/mol. The number of benzene rings is 4. The van der Waals surface area contributed by atoms with E-state index in [-0.39, 0.29) is 0 Å². The van der Waals surface area contributed by atoms with Crippen LogP contribution in [0.4, 0.5) is 0 Å². The molecule has 0 aliphatic carbocycles. The average Bonchev–Trinajstić information content (AvgIpc) is 2.85. The fraction of sp³-hybridized carbons (Fsp3) is 0.0690. The molecule has 3 heteroatoms. The number of halogens is 1. The van der Waals surface area contributed by atoms with Gasteiger partial charge in [0.1, 0.15) is 0 Å². The van der Waals surface area contributed by atoms with Crippen molar-refractivity contribution in [1.82, 2.24) is 4.98 Å². The molecule has 0 saturated carbocycles. The van der Waals surface area contributed by atoms with Gasteiger partial charge in [-0.05, 0) is 0 Å². The molecule has 0 fully saturated rings. The summed E-state index contributed by atoms with van der Waals surface area (Å²) in [4.78, 5) is 4.77. The van der Waals surface area contributed by atoms with Gasteiger partial charge in [0.2, 0.25) is 0 Å². The van der Waals surface area contributed by atoms with Crippen molar-refractivity contribution in [2.75, 3.05) is 0 Å². The van der Waals surface area contributed by atoms with E-state index in [9.17, 15) is 0 Å². The van der Waals surface area contributed by atoms with Crippen LogP contribution in [0.15, 0.2) is 115 Å². The van der Waals surface area contributed by atoms with Crippen LogP contribution in [0.25, 0.3) is 10.9 Å². The Bertz CT molecular complexity index is 1260. The summed E-state index contributed by atoms with van der Waals surface area (Å²) in [7, 11) is -2.42. The number of fused-ring (bicyclic) bond motifs is 1. The van der Waals surface area contributed by atoms with Crippen LogP contribution >= 0.6 is 18.9 Å². The third kappa shape index (κ3) is 3.84. The molecule has 5 aromatic rings. The molecule has 32 heavy (non-hydrogen) atoms. The predicted molar refractivity (Wildman–Crippen MR) is 142 cm³/mol. The summed E-state index contributed by atoms with van der Waals surface area (Å²) in [5, 5.41) is 5.86. The third-order valence-corrected chi connectivity index (χ3v) is 11.4. The summed E-state index contributed by atoms with van der Waals surface area (Å²) < 4.78 is 0. The standard InChI is InChI=1S/C29H25ClNP/c1-22-17-18-28-23(19-22)20-24(29(30)31-28)21-32(25-11-5-2-6-12-25,26-13-7-3-8-14-26)27-15-9-4-10-16-27/h2-20,32H,21H2,1H3. The topological polar surface area (TPSA) is 12.9 Å². The fourth-order valence-electron chi connectivity index (χ4n) is 4.70. The van der Waals surface area contributed by atoms with Crippen molar-refractivity contribution in [2.24, 2.45) is 0 Å². The van der Waals surface area contributed by atoms with Gasteiger partial charge in [-0.25, -0.2) is 0 Å². The van der Waals surface area contributed by atoms with Crippen molar-refractivity contribution < 1.29 is 0 Å². The molecule has 0 N–H and O–H groups in total. The van der Waals surface area contributed by atoms with Gasteiger partial charge in [-0.2, -0.15) is 0 Å². The van der Waals surface area contributed by atoms with Gasteiger partial charge in [0.05, 0.1) is 0 Å². The van der Waals surface area contributed by atoms with Crippen molar-refractivity contribution >= 4 is 45.7 Å². The van der Waals surface area contributed by atoms with Crippen LogP contribution in [0, 0.1) is 6.92 Å². The molecule has 0 saturated heterocycles. The first-order valence-corrected chi connectivity index (χ1v) is 13.5. The Morgan fingerprint density at radius 3 is 1.66 bits per heavy atom. The number of pyridine rings is 1. The van der Waals surface area contributed by atoms with Gasteiger partial charge in [0.25, 0.3) is 0 Å². The zero-order chi connectivity index (χ0) is 22.0. The van der Waals surface area contributed by atoms with E-state index >= 15 is 0 Å². The van der Waals surface area contributed by atoms with Crippen molar-refractivity contribution in [3.8, 4) is 0 Å². The normalized spacial score (nSPS) is 12.1. The molecule has 0 radical (unpaired) electrons. The Hall–Kier alpha value is -2.99. The SMILES string of the molecule is Cc1ccc2nc(Cl)c(C[PH](c3ccccc3)(c3ccccc3)c3ccccc3)cc2c1. The van der Waals surface area contributed by atoms with Gasteiger partial charge in [0.15, 0.2) is 0 Å². The van der Waals surface area contributed by atoms with E-state index in [1.165, 1.54) is 21.5 Å². The second kappa shape index (κ2) is 8.87. The first kappa shape index (κ1) is 20.9. The number of hydrogen-bond acceptors (Lipinski definition) is 1. The Morgan fingerprint density at radius 1 is 0.656 bits per heavy atom. The maximum atomic E-state index is 6.82. The van der Waals surface area contributed by atoms with Gasteiger partial charge >= 0.3 is 195 Å². The number of aromatic nitrogens is 1. The van der Waals surface area contributed by atoms with Crippen LogP contribution in [0.5, 0.6) is 0 Å². The molecule has 5 rings (SSSR count). The molecule has 0 aliphatic rings. The van der Waals surface area contributed by atoms with E-state index in [0.717, 1.165) is 22.6 Å². The van der Waals surface area contributed by atoms with Crippen molar-refractivity contribution in [1.29, 1.82) is 0 Å². The van der Waals surface area contributed by atoms with Gasteiger partial charge in [-0.1, -0.05) is 0 Å². The Morgan fingerprint density at radius 2 is 1.16 bits per heavy atom. The second-order valence-electron chi connectivity index (χ2n) is 8.31. The summed E-state index contributed by atoms with van der Waals surface area (Å²) in [6.07, 6.45) is 0.848. The van der Waals surface area contributed by atoms with Gasteiger partial charge in [0, 0.05) is 0 Å². The molecule has 1 aromatic heterocycles. The van der Waals surface area contributed by atoms with E-state index in [4.69, 9.17) is 16.6 Å². The molecule has 4 aromatic carbocycles. The molecular weight excluding hydrogens is 429 g/mol. The summed E-state index contributed by atoms with van der Waals surface area (Å²) in [5.41, 5.74) is 3.27. The van der Waals surface area contributed by atoms with Crippen LogP contribution in [0.2, 0.25) is 5.15 Å². The molecule has 0 aliphatic heterocycles. The quantitative estimate of drug-likeness (QED) is 0.221. The number of aryl methyl sites for hydroxylation is 1. The van der Waals surface area contributed by atoms with E-state index < -0.39 is 7.26 Å². The van der Waals surface area contributed by atoms with Crippen LogP contribution in [-0.4, -0.2) is 4.98 Å².